The molecule has 0 atom stereocenters. The first kappa shape index (κ1) is 19.0. The van der Waals surface area contributed by atoms with Gasteiger partial charge in [0, 0.05) is 25.3 Å². The number of hydrogen-bond acceptors (Lipinski definition) is 2. The fourth-order valence-corrected chi connectivity index (χ4v) is 2.78. The maximum absolute atomic E-state index is 12.8. The number of nitrogens with zero attached hydrogens (tertiary/aromatic N) is 2. The van der Waals surface area contributed by atoms with Gasteiger partial charge in [0.25, 0.3) is 0 Å². The van der Waals surface area contributed by atoms with E-state index in [1.165, 1.54) is 0 Å². The van der Waals surface area contributed by atoms with Gasteiger partial charge in [0.2, 0.25) is 0 Å². The summed E-state index contributed by atoms with van der Waals surface area (Å²) in [6.45, 7) is 10.5. The van der Waals surface area contributed by atoms with Crippen LogP contribution in [0.25, 0.3) is 0 Å². The topological polar surface area (TPSA) is 35.6 Å². The van der Waals surface area contributed by atoms with Crippen LogP contribution in [0.15, 0.2) is 54.6 Å². The lowest BCUT2D eigenvalue weighted by Crippen LogP contribution is -2.40. The van der Waals surface area contributed by atoms with Crippen LogP contribution < -0.4 is 5.32 Å². The van der Waals surface area contributed by atoms with Gasteiger partial charge in [-0.05, 0) is 43.3 Å². The Balaban J connectivity index is 2.07. The highest BCUT2D eigenvalue weighted by Crippen LogP contribution is 2.12. The molecule has 0 heterocycles. The van der Waals surface area contributed by atoms with Crippen LogP contribution in [0.4, 0.5) is 10.5 Å². The number of anilines is 1. The van der Waals surface area contributed by atoms with E-state index in [1.807, 2.05) is 54.3 Å². The van der Waals surface area contributed by atoms with Crippen molar-refractivity contribution in [3.05, 3.63) is 65.7 Å². The summed E-state index contributed by atoms with van der Waals surface area (Å²) in [4.78, 5) is 17.0. The second-order valence-electron chi connectivity index (χ2n) is 6.23. The number of benzene rings is 2. The zero-order valence-electron chi connectivity index (χ0n) is 15.5. The van der Waals surface area contributed by atoms with Crippen molar-refractivity contribution in [2.24, 2.45) is 0 Å². The molecule has 25 heavy (non-hydrogen) atoms. The Bertz CT molecular complexity index is 653. The lowest BCUT2D eigenvalue weighted by molar-refractivity contribution is 0.194. The molecule has 0 fully saturated rings. The summed E-state index contributed by atoms with van der Waals surface area (Å²) in [7, 11) is 0. The van der Waals surface area contributed by atoms with Crippen LogP contribution in [-0.2, 0) is 6.54 Å². The highest BCUT2D eigenvalue weighted by atomic mass is 16.2. The Morgan fingerprint density at radius 3 is 2.32 bits per heavy atom. The first-order chi connectivity index (χ1) is 12.1. The minimum atomic E-state index is -0.0541. The molecule has 0 aromatic heterocycles. The van der Waals surface area contributed by atoms with E-state index in [1.54, 1.807) is 0 Å². The zero-order chi connectivity index (χ0) is 18.1. The molecular formula is C21H29N3O. The van der Waals surface area contributed by atoms with Crippen molar-refractivity contribution in [1.29, 1.82) is 0 Å². The van der Waals surface area contributed by atoms with Crippen molar-refractivity contribution in [1.82, 2.24) is 9.80 Å². The van der Waals surface area contributed by atoms with Crippen LogP contribution in [-0.4, -0.2) is 42.0 Å². The molecule has 4 heteroatoms. The maximum Gasteiger partial charge on any atom is 0.322 e. The average molecular weight is 339 g/mol. The number of urea groups is 1. The van der Waals surface area contributed by atoms with Crippen LogP contribution in [0.2, 0.25) is 0 Å². The molecule has 0 aliphatic carbocycles. The largest absolute Gasteiger partial charge is 0.322 e. The number of amides is 2. The molecule has 2 amide bonds. The van der Waals surface area contributed by atoms with Crippen LogP contribution >= 0.6 is 0 Å². The molecule has 0 radical (unpaired) electrons. The Hall–Kier alpha value is -2.33. The molecule has 0 saturated carbocycles. The van der Waals surface area contributed by atoms with E-state index in [4.69, 9.17) is 0 Å². The van der Waals surface area contributed by atoms with E-state index >= 15 is 0 Å². The fraction of sp³-hybridized carbons (Fsp3) is 0.381. The Morgan fingerprint density at radius 1 is 0.960 bits per heavy atom. The van der Waals surface area contributed by atoms with Crippen molar-refractivity contribution >= 4 is 11.7 Å². The number of nitrogens with one attached hydrogen (secondary N) is 1. The molecule has 0 aliphatic heterocycles. The third kappa shape index (κ3) is 6.24. The molecule has 0 aliphatic rings. The van der Waals surface area contributed by atoms with Crippen molar-refractivity contribution in [2.75, 3.05) is 31.5 Å². The number of hydrogen-bond donors (Lipinski definition) is 1. The van der Waals surface area contributed by atoms with E-state index in [0.29, 0.717) is 13.1 Å². The minimum Gasteiger partial charge on any atom is -0.319 e. The van der Waals surface area contributed by atoms with E-state index < -0.39 is 0 Å². The lowest BCUT2D eigenvalue weighted by atomic mass is 10.2. The third-order valence-corrected chi connectivity index (χ3v) is 4.35. The van der Waals surface area contributed by atoms with Gasteiger partial charge in [-0.3, -0.25) is 0 Å². The number of likely N-dealkylation sites (N-methyl/N-ethyl adjacent to an activating group) is 1. The normalized spacial score (nSPS) is 10.7. The lowest BCUT2D eigenvalue weighted by Gasteiger charge is -2.27. The molecule has 1 N–H and O–H groups in total. The molecule has 2 aromatic rings. The fourth-order valence-electron chi connectivity index (χ4n) is 2.78. The Morgan fingerprint density at radius 2 is 1.68 bits per heavy atom. The summed E-state index contributed by atoms with van der Waals surface area (Å²) < 4.78 is 0. The third-order valence-electron chi connectivity index (χ3n) is 4.35. The van der Waals surface area contributed by atoms with Crippen molar-refractivity contribution < 1.29 is 4.79 Å². The molecule has 0 spiro atoms. The molecule has 0 bridgehead atoms. The van der Waals surface area contributed by atoms with Crippen LogP contribution in [0.1, 0.15) is 25.0 Å². The summed E-state index contributed by atoms with van der Waals surface area (Å²) in [6.07, 6.45) is 0. The minimum absolute atomic E-state index is 0.0541. The van der Waals surface area contributed by atoms with Gasteiger partial charge < -0.3 is 15.1 Å². The van der Waals surface area contributed by atoms with E-state index in [0.717, 1.165) is 36.4 Å². The summed E-state index contributed by atoms with van der Waals surface area (Å²) in [5.74, 6) is 0. The van der Waals surface area contributed by atoms with E-state index in [2.05, 4.69) is 36.2 Å². The average Bonchev–Trinajstić information content (AvgIpc) is 2.62. The first-order valence-corrected chi connectivity index (χ1v) is 9.01. The standard InChI is InChI=1S/C21H29N3O/c1-4-23(5-2)14-15-24(17-19-11-7-6-8-12-19)21(25)22-20-13-9-10-18(3)16-20/h6-13,16H,4-5,14-15,17H2,1-3H3,(H,22,25). The van der Waals surface area contributed by atoms with Crippen LogP contribution in [0.5, 0.6) is 0 Å². The summed E-state index contributed by atoms with van der Waals surface area (Å²) in [5, 5.41) is 3.03. The molecule has 134 valence electrons. The van der Waals surface area contributed by atoms with Crippen molar-refractivity contribution in [3.8, 4) is 0 Å². The highest BCUT2D eigenvalue weighted by molar-refractivity contribution is 5.89. The van der Waals surface area contributed by atoms with Gasteiger partial charge in [-0.25, -0.2) is 4.79 Å². The summed E-state index contributed by atoms with van der Waals surface area (Å²) in [5.41, 5.74) is 3.11. The molecule has 4 nitrogen and oxygen atoms in total. The number of rotatable bonds is 8. The maximum atomic E-state index is 12.8. The van der Waals surface area contributed by atoms with Crippen molar-refractivity contribution in [3.63, 3.8) is 0 Å². The highest BCUT2D eigenvalue weighted by Gasteiger charge is 2.15. The molecular weight excluding hydrogens is 310 g/mol. The number of carbonyl (C=O) groups is 1. The molecule has 0 unspecified atom stereocenters. The summed E-state index contributed by atoms with van der Waals surface area (Å²) >= 11 is 0. The second kappa shape index (κ2) is 9.84. The number of aryl methyl sites for hydroxylation is 1. The van der Waals surface area contributed by atoms with Gasteiger partial charge in [0.15, 0.2) is 0 Å². The van der Waals surface area contributed by atoms with Crippen LogP contribution in [0, 0.1) is 6.92 Å². The van der Waals surface area contributed by atoms with E-state index in [-0.39, 0.29) is 6.03 Å². The first-order valence-electron chi connectivity index (χ1n) is 9.01. The van der Waals surface area contributed by atoms with Gasteiger partial charge in [-0.2, -0.15) is 0 Å². The predicted octanol–water partition coefficient (Wildman–Crippen LogP) is 4.37. The Kier molecular flexibility index (Phi) is 7.48. The monoisotopic (exact) mass is 339 g/mol. The Labute approximate surface area is 151 Å². The quantitative estimate of drug-likeness (QED) is 0.775. The number of carbonyl (C=O) groups excluding carboxylic acids is 1. The SMILES string of the molecule is CCN(CC)CCN(Cc1ccccc1)C(=O)Nc1cccc(C)c1. The zero-order valence-corrected chi connectivity index (χ0v) is 15.5. The smallest absolute Gasteiger partial charge is 0.319 e. The van der Waals surface area contributed by atoms with Gasteiger partial charge >= 0.3 is 6.03 Å². The van der Waals surface area contributed by atoms with Gasteiger partial charge in [0.1, 0.15) is 0 Å². The van der Waals surface area contributed by atoms with Gasteiger partial charge in [-0.1, -0.05) is 56.3 Å². The molecule has 2 aromatic carbocycles. The second-order valence-corrected chi connectivity index (χ2v) is 6.23. The van der Waals surface area contributed by atoms with Gasteiger partial charge in [0.05, 0.1) is 0 Å². The molecule has 2 rings (SSSR count). The van der Waals surface area contributed by atoms with Crippen LogP contribution in [0.3, 0.4) is 0 Å². The van der Waals surface area contributed by atoms with Gasteiger partial charge in [-0.15, -0.1) is 0 Å². The molecule has 0 saturated heterocycles. The van der Waals surface area contributed by atoms with Crippen molar-refractivity contribution in [2.45, 2.75) is 27.3 Å². The predicted molar refractivity (Wildman–Crippen MR) is 105 cm³/mol. The summed E-state index contributed by atoms with van der Waals surface area (Å²) in [6, 6.07) is 18.0. The van der Waals surface area contributed by atoms with E-state index in [9.17, 15) is 4.79 Å².